The Morgan fingerprint density at radius 1 is 0.700 bits per heavy atom. The summed E-state index contributed by atoms with van der Waals surface area (Å²) >= 11 is 0. The Labute approximate surface area is 293 Å². The fourth-order valence-electron chi connectivity index (χ4n) is 6.99. The van der Waals surface area contributed by atoms with Crippen LogP contribution in [0.2, 0.25) is 0 Å². The van der Waals surface area contributed by atoms with E-state index in [-0.39, 0.29) is 11.5 Å². The second-order valence-corrected chi connectivity index (χ2v) is 14.9. The molecule has 0 bridgehead atoms. The Hall–Kier alpha value is -5.68. The summed E-state index contributed by atoms with van der Waals surface area (Å²) < 4.78 is 15.7. The number of aryl methyl sites for hydroxylation is 1. The molecule has 5 nitrogen and oxygen atoms in total. The van der Waals surface area contributed by atoms with E-state index in [1.54, 1.807) is 0 Å². The zero-order chi connectivity index (χ0) is 34.6. The fourth-order valence-corrected chi connectivity index (χ4v) is 6.99. The van der Waals surface area contributed by atoms with Gasteiger partial charge in [0.25, 0.3) is 0 Å². The Balaban J connectivity index is 1.27. The Morgan fingerprint density at radius 2 is 1.42 bits per heavy atom. The predicted molar refractivity (Wildman–Crippen MR) is 205 cm³/mol. The monoisotopic (exact) mass is 655 g/mol. The first-order chi connectivity index (χ1) is 24.0. The third kappa shape index (κ3) is 5.83. The highest BCUT2D eigenvalue weighted by atomic mass is 16.5. The van der Waals surface area contributed by atoms with E-state index in [0.29, 0.717) is 11.6 Å². The first kappa shape index (κ1) is 31.6. The zero-order valence-corrected chi connectivity index (χ0v) is 29.4. The van der Waals surface area contributed by atoms with Crippen molar-refractivity contribution in [2.45, 2.75) is 58.6 Å². The second-order valence-electron chi connectivity index (χ2n) is 14.9. The molecule has 0 fully saturated rings. The Morgan fingerprint density at radius 3 is 2.18 bits per heavy atom. The quantitative estimate of drug-likeness (QED) is 0.179. The van der Waals surface area contributed by atoms with Gasteiger partial charge >= 0.3 is 0 Å². The first-order valence-corrected chi connectivity index (χ1v) is 17.3. The smallest absolute Gasteiger partial charge is 0.217 e. The number of ether oxygens (including phenoxy) is 2. The topological polar surface area (TPSA) is 48.6 Å². The highest BCUT2D eigenvalue weighted by Gasteiger charge is 2.40. The highest BCUT2D eigenvalue weighted by molar-refractivity contribution is 6.08. The van der Waals surface area contributed by atoms with Crippen LogP contribution < -0.4 is 4.74 Å². The molecule has 50 heavy (non-hydrogen) atoms. The molecule has 2 aromatic heterocycles. The SMILES string of the molecule is Cc1ccc2c(c1)c1cccnc1n2-c1cc(Oc2cc(C3=N[C@H](c4ccccc4)C(C)(C)O3)cc(-c3ccccc3)c2)cc(C(C)(C)C)c1. The van der Waals surface area contributed by atoms with E-state index in [2.05, 4.69) is 149 Å². The molecule has 248 valence electrons. The molecular weight excluding hydrogens is 615 g/mol. The molecule has 1 aliphatic heterocycles. The second kappa shape index (κ2) is 12.0. The van der Waals surface area contributed by atoms with E-state index >= 15 is 0 Å². The largest absolute Gasteiger partial charge is 0.469 e. The first-order valence-electron chi connectivity index (χ1n) is 17.3. The summed E-state index contributed by atoms with van der Waals surface area (Å²) in [7, 11) is 0. The molecule has 0 saturated carbocycles. The fraction of sp³-hybridized carbons (Fsp3) is 0.200. The number of aliphatic imine (C=N–C) groups is 1. The van der Waals surface area contributed by atoms with Crippen molar-refractivity contribution in [2.24, 2.45) is 4.99 Å². The van der Waals surface area contributed by atoms with E-state index < -0.39 is 5.60 Å². The minimum Gasteiger partial charge on any atom is -0.469 e. The van der Waals surface area contributed by atoms with Crippen LogP contribution in [0, 0.1) is 6.92 Å². The number of hydrogen-bond donors (Lipinski definition) is 0. The maximum absolute atomic E-state index is 6.88. The number of hydrogen-bond acceptors (Lipinski definition) is 4. The number of benzene rings is 5. The van der Waals surface area contributed by atoms with Crippen LogP contribution in [0.5, 0.6) is 11.5 Å². The van der Waals surface area contributed by atoms with Gasteiger partial charge < -0.3 is 9.47 Å². The molecule has 0 saturated heterocycles. The molecule has 1 atom stereocenters. The molecule has 0 N–H and O–H groups in total. The Bertz CT molecular complexity index is 2400. The number of nitrogens with zero attached hydrogens (tertiary/aromatic N) is 3. The average molecular weight is 656 g/mol. The third-order valence-electron chi connectivity index (χ3n) is 9.57. The van der Waals surface area contributed by atoms with Gasteiger partial charge in [-0.1, -0.05) is 93.1 Å². The molecule has 1 aliphatic rings. The number of aromatic nitrogens is 2. The van der Waals surface area contributed by atoms with E-state index in [1.807, 2.05) is 30.5 Å². The van der Waals surface area contributed by atoms with Gasteiger partial charge in [-0.3, -0.25) is 4.57 Å². The molecule has 0 radical (unpaired) electrons. The lowest BCUT2D eigenvalue weighted by Gasteiger charge is -2.25. The van der Waals surface area contributed by atoms with Gasteiger partial charge in [-0.05, 0) is 103 Å². The van der Waals surface area contributed by atoms with Crippen molar-refractivity contribution in [3.8, 4) is 28.3 Å². The van der Waals surface area contributed by atoms with Gasteiger partial charge in [-0.25, -0.2) is 9.98 Å². The van der Waals surface area contributed by atoms with Crippen LogP contribution in [0.25, 0.3) is 38.8 Å². The van der Waals surface area contributed by atoms with Gasteiger partial charge in [-0.15, -0.1) is 0 Å². The number of pyridine rings is 1. The molecular formula is C45H41N3O2. The van der Waals surface area contributed by atoms with Crippen LogP contribution in [-0.4, -0.2) is 21.0 Å². The van der Waals surface area contributed by atoms with Crippen molar-refractivity contribution < 1.29 is 9.47 Å². The van der Waals surface area contributed by atoms with E-state index in [4.69, 9.17) is 19.5 Å². The lowest BCUT2D eigenvalue weighted by atomic mass is 9.86. The summed E-state index contributed by atoms with van der Waals surface area (Å²) in [5, 5.41) is 2.31. The van der Waals surface area contributed by atoms with Crippen molar-refractivity contribution in [1.29, 1.82) is 0 Å². The molecule has 8 rings (SSSR count). The molecule has 0 unspecified atom stereocenters. The summed E-state index contributed by atoms with van der Waals surface area (Å²) in [6.07, 6.45) is 1.86. The van der Waals surface area contributed by atoms with Crippen LogP contribution in [-0.2, 0) is 10.2 Å². The van der Waals surface area contributed by atoms with Crippen molar-refractivity contribution in [2.75, 3.05) is 0 Å². The van der Waals surface area contributed by atoms with E-state index in [0.717, 1.165) is 50.2 Å². The zero-order valence-electron chi connectivity index (χ0n) is 29.4. The molecule has 0 spiro atoms. The van der Waals surface area contributed by atoms with Crippen LogP contribution in [0.15, 0.2) is 139 Å². The minimum absolute atomic E-state index is 0.127. The van der Waals surface area contributed by atoms with Crippen molar-refractivity contribution >= 4 is 27.8 Å². The molecule has 7 aromatic rings. The number of rotatable bonds is 6. The summed E-state index contributed by atoms with van der Waals surface area (Å²) in [6, 6.07) is 44.2. The summed E-state index contributed by atoms with van der Waals surface area (Å²) in [5.41, 5.74) is 8.91. The average Bonchev–Trinajstić information content (AvgIpc) is 3.61. The highest BCUT2D eigenvalue weighted by Crippen LogP contribution is 2.41. The van der Waals surface area contributed by atoms with Crippen LogP contribution in [0.3, 0.4) is 0 Å². The third-order valence-corrected chi connectivity index (χ3v) is 9.57. The van der Waals surface area contributed by atoms with Crippen molar-refractivity contribution in [3.05, 3.63) is 156 Å². The van der Waals surface area contributed by atoms with Gasteiger partial charge in [-0.2, -0.15) is 0 Å². The van der Waals surface area contributed by atoms with Crippen molar-refractivity contribution in [1.82, 2.24) is 9.55 Å². The van der Waals surface area contributed by atoms with Crippen LogP contribution >= 0.6 is 0 Å². The lowest BCUT2D eigenvalue weighted by molar-refractivity contribution is 0.0973. The normalized spacial score (nSPS) is 15.6. The predicted octanol–water partition coefficient (Wildman–Crippen LogP) is 11.5. The van der Waals surface area contributed by atoms with Crippen LogP contribution in [0.1, 0.15) is 62.9 Å². The van der Waals surface area contributed by atoms with Gasteiger partial charge in [0.15, 0.2) is 0 Å². The molecule has 5 aromatic carbocycles. The van der Waals surface area contributed by atoms with Gasteiger partial charge in [0.2, 0.25) is 5.90 Å². The van der Waals surface area contributed by atoms with Gasteiger partial charge in [0.05, 0.1) is 11.2 Å². The molecule has 3 heterocycles. The summed E-state index contributed by atoms with van der Waals surface area (Å²) in [4.78, 5) is 10.0. The maximum atomic E-state index is 6.88. The summed E-state index contributed by atoms with van der Waals surface area (Å²) in [5.74, 6) is 2.07. The maximum Gasteiger partial charge on any atom is 0.217 e. The van der Waals surface area contributed by atoms with Gasteiger partial charge in [0, 0.05) is 28.6 Å². The lowest BCUT2D eigenvalue weighted by Crippen LogP contribution is -2.27. The standard InChI is InChI=1S/C45H41N3O2/c1-29-19-20-40-39(22-29)38-18-13-21-46-42(38)48(40)35-26-34(44(2,3)4)27-37(28-35)49-36-24-32(30-14-9-7-10-15-30)23-33(25-36)43-47-41(45(5,6)50-43)31-16-11-8-12-17-31/h7-28,41H,1-6H3/t41-/m1/s1. The molecule has 0 aliphatic carbocycles. The molecule has 5 heteroatoms. The Kier molecular flexibility index (Phi) is 7.60. The van der Waals surface area contributed by atoms with E-state index in [1.165, 1.54) is 16.5 Å². The van der Waals surface area contributed by atoms with Gasteiger partial charge in [0.1, 0.15) is 28.8 Å². The number of fused-ring (bicyclic) bond motifs is 3. The summed E-state index contributed by atoms with van der Waals surface area (Å²) in [6.45, 7) is 13.0. The van der Waals surface area contributed by atoms with Crippen molar-refractivity contribution in [3.63, 3.8) is 0 Å². The van der Waals surface area contributed by atoms with E-state index in [9.17, 15) is 0 Å². The molecule has 0 amide bonds. The minimum atomic E-state index is -0.509. The van der Waals surface area contributed by atoms with Crippen LogP contribution in [0.4, 0.5) is 0 Å².